The summed E-state index contributed by atoms with van der Waals surface area (Å²) in [4.78, 5) is 0. The Balaban J connectivity index is 4.12. The van der Waals surface area contributed by atoms with E-state index in [9.17, 15) is 0 Å². The third-order valence-electron chi connectivity index (χ3n) is 2.24. The second-order valence-electron chi connectivity index (χ2n) is 4.95. The Morgan fingerprint density at radius 3 is 2.06 bits per heavy atom. The normalized spacial score (nSPS) is 13.1. The zero-order chi connectivity index (χ0) is 13.4. The first kappa shape index (κ1) is 17.2. The molecule has 0 rings (SSSR count). The summed E-state index contributed by atoms with van der Waals surface area (Å²) in [5, 5.41) is 3.26. The number of hydrogen-bond acceptors (Lipinski definition) is 5. The topological polar surface area (TPSA) is 65.7 Å². The Morgan fingerprint density at radius 2 is 1.65 bits per heavy atom. The van der Waals surface area contributed by atoms with Gasteiger partial charge in [0.2, 0.25) is 0 Å². The zero-order valence-corrected chi connectivity index (χ0v) is 13.8. The molecule has 0 saturated heterocycles. The average molecular weight is 281 g/mol. The molecule has 7 heteroatoms. The summed E-state index contributed by atoms with van der Waals surface area (Å²) < 4.78 is 17.2. The van der Waals surface area contributed by atoms with Crippen LogP contribution >= 0.6 is 0 Å². The molecule has 0 heterocycles. The summed E-state index contributed by atoms with van der Waals surface area (Å²) in [5.74, 6) is 0. The molecular formula is C10H28N2O3Si2. The molecule has 0 aliphatic carbocycles. The highest BCUT2D eigenvalue weighted by Gasteiger charge is 2.42. The number of nitrogens with two attached hydrogens (primary N) is 1. The fourth-order valence-corrected chi connectivity index (χ4v) is 7.54. The van der Waals surface area contributed by atoms with Gasteiger partial charge in [-0.25, -0.2) is 0 Å². The Kier molecular flexibility index (Phi) is 8.47. The van der Waals surface area contributed by atoms with Crippen molar-refractivity contribution in [1.82, 2.24) is 5.32 Å². The van der Waals surface area contributed by atoms with E-state index < -0.39 is 17.1 Å². The van der Waals surface area contributed by atoms with E-state index in [2.05, 4.69) is 25.0 Å². The van der Waals surface area contributed by atoms with Gasteiger partial charge in [0, 0.05) is 33.4 Å². The minimum Gasteiger partial charge on any atom is -0.416 e. The minimum atomic E-state index is -2.45. The van der Waals surface area contributed by atoms with Gasteiger partial charge in [-0.05, 0) is 32.6 Å². The van der Waals surface area contributed by atoms with E-state index in [1.807, 2.05) is 0 Å². The Morgan fingerprint density at radius 1 is 1.06 bits per heavy atom. The molecule has 0 aliphatic heterocycles. The summed E-state index contributed by atoms with van der Waals surface area (Å²) in [6.45, 7) is 8.90. The molecule has 0 bridgehead atoms. The lowest BCUT2D eigenvalue weighted by molar-refractivity contribution is 0.157. The van der Waals surface area contributed by atoms with Crippen LogP contribution in [0.15, 0.2) is 0 Å². The van der Waals surface area contributed by atoms with E-state index in [0.717, 1.165) is 25.6 Å². The summed E-state index contributed by atoms with van der Waals surface area (Å²) in [5.41, 5.74) is 5.41. The molecule has 0 aromatic heterocycles. The van der Waals surface area contributed by atoms with Crippen LogP contribution in [0.25, 0.3) is 0 Å². The molecule has 0 unspecified atom stereocenters. The van der Waals surface area contributed by atoms with Gasteiger partial charge in [0.25, 0.3) is 0 Å². The third kappa shape index (κ3) is 8.03. The lowest BCUT2D eigenvalue weighted by Crippen LogP contribution is -2.51. The lowest BCUT2D eigenvalue weighted by atomic mass is 10.5. The molecule has 3 N–H and O–H groups in total. The second-order valence-corrected chi connectivity index (χ2v) is 12.7. The van der Waals surface area contributed by atoms with Crippen LogP contribution in [0.2, 0.25) is 25.7 Å². The molecule has 0 amide bonds. The van der Waals surface area contributed by atoms with Crippen molar-refractivity contribution in [3.63, 3.8) is 0 Å². The Bertz CT molecular complexity index is 196. The van der Waals surface area contributed by atoms with Crippen LogP contribution in [-0.2, 0) is 13.0 Å². The van der Waals surface area contributed by atoms with Gasteiger partial charge in [-0.3, -0.25) is 0 Å². The van der Waals surface area contributed by atoms with Crippen LogP contribution in [0.5, 0.6) is 0 Å². The summed E-state index contributed by atoms with van der Waals surface area (Å²) in [7, 11) is -0.720. The van der Waals surface area contributed by atoms with Gasteiger partial charge in [0.15, 0.2) is 8.32 Å². The Hall–Kier alpha value is 0.234. The van der Waals surface area contributed by atoms with Gasteiger partial charge in [-0.2, -0.15) is 0 Å². The Labute approximate surface area is 108 Å². The first-order chi connectivity index (χ1) is 7.89. The quantitative estimate of drug-likeness (QED) is 0.462. The van der Waals surface area contributed by atoms with Crippen molar-refractivity contribution in [1.29, 1.82) is 0 Å². The van der Waals surface area contributed by atoms with Gasteiger partial charge in [0.1, 0.15) is 0 Å². The van der Waals surface area contributed by atoms with Crippen LogP contribution in [0.3, 0.4) is 0 Å². The van der Waals surface area contributed by atoms with E-state index in [1.54, 1.807) is 14.2 Å². The van der Waals surface area contributed by atoms with Gasteiger partial charge >= 0.3 is 8.80 Å². The second kappa shape index (κ2) is 8.36. The predicted molar refractivity (Wildman–Crippen MR) is 75.6 cm³/mol. The first-order valence-electron chi connectivity index (χ1n) is 6.10. The van der Waals surface area contributed by atoms with Crippen molar-refractivity contribution >= 4 is 17.1 Å². The highest BCUT2D eigenvalue weighted by atomic mass is 28.5. The van der Waals surface area contributed by atoms with Crippen LogP contribution in [0.1, 0.15) is 6.42 Å². The standard InChI is InChI=1S/C10H28N2O3Si2/c1-13-17(14-2,15-16(3,4)5)10-6-8-12-9-7-11/h12H,6-11H2,1-5H3. The van der Waals surface area contributed by atoms with Crippen molar-refractivity contribution in [3.8, 4) is 0 Å². The van der Waals surface area contributed by atoms with Crippen molar-refractivity contribution in [2.75, 3.05) is 33.9 Å². The SMILES string of the molecule is CO[Si](CCCNCCN)(OC)O[Si](C)(C)C. The van der Waals surface area contributed by atoms with Gasteiger partial charge < -0.3 is 24.0 Å². The van der Waals surface area contributed by atoms with E-state index in [4.69, 9.17) is 18.7 Å². The fraction of sp³-hybridized carbons (Fsp3) is 1.00. The van der Waals surface area contributed by atoms with Crippen LogP contribution < -0.4 is 11.1 Å². The smallest absolute Gasteiger partial charge is 0.416 e. The van der Waals surface area contributed by atoms with Crippen molar-refractivity contribution < 1.29 is 13.0 Å². The monoisotopic (exact) mass is 280 g/mol. The molecule has 0 spiro atoms. The summed E-state index contributed by atoms with van der Waals surface area (Å²) in [6.07, 6.45) is 0.985. The van der Waals surface area contributed by atoms with Crippen LogP contribution in [-0.4, -0.2) is 51.0 Å². The molecule has 0 radical (unpaired) electrons. The van der Waals surface area contributed by atoms with Crippen LogP contribution in [0, 0.1) is 0 Å². The molecule has 0 aromatic rings. The maximum absolute atomic E-state index is 6.11. The molecular weight excluding hydrogens is 252 g/mol. The van der Waals surface area contributed by atoms with Crippen molar-refractivity contribution in [2.24, 2.45) is 5.73 Å². The molecule has 0 fully saturated rings. The first-order valence-corrected chi connectivity index (χ1v) is 11.4. The van der Waals surface area contributed by atoms with Crippen LogP contribution in [0.4, 0.5) is 0 Å². The highest BCUT2D eigenvalue weighted by molar-refractivity contribution is 6.79. The molecule has 5 nitrogen and oxygen atoms in total. The number of hydrogen-bond donors (Lipinski definition) is 2. The van der Waals surface area contributed by atoms with Gasteiger partial charge in [-0.1, -0.05) is 0 Å². The molecule has 0 aromatic carbocycles. The van der Waals surface area contributed by atoms with Crippen molar-refractivity contribution in [3.05, 3.63) is 0 Å². The highest BCUT2D eigenvalue weighted by Crippen LogP contribution is 2.21. The van der Waals surface area contributed by atoms with Crippen molar-refractivity contribution in [2.45, 2.75) is 32.1 Å². The molecule has 0 saturated carbocycles. The maximum atomic E-state index is 6.11. The van der Waals surface area contributed by atoms with E-state index >= 15 is 0 Å². The average Bonchev–Trinajstić information content (AvgIpc) is 2.25. The predicted octanol–water partition coefficient (Wildman–Crippen LogP) is 1.01. The van der Waals surface area contributed by atoms with E-state index in [-0.39, 0.29) is 0 Å². The van der Waals surface area contributed by atoms with E-state index in [1.165, 1.54) is 0 Å². The third-order valence-corrected chi connectivity index (χ3v) is 8.14. The number of nitrogens with one attached hydrogen (secondary N) is 1. The van der Waals surface area contributed by atoms with Gasteiger partial charge in [-0.15, -0.1) is 0 Å². The van der Waals surface area contributed by atoms with E-state index in [0.29, 0.717) is 6.54 Å². The summed E-state index contributed by atoms with van der Waals surface area (Å²) >= 11 is 0. The number of rotatable bonds is 10. The zero-order valence-electron chi connectivity index (χ0n) is 11.8. The molecule has 17 heavy (non-hydrogen) atoms. The lowest BCUT2D eigenvalue weighted by Gasteiger charge is -2.33. The molecule has 0 atom stereocenters. The van der Waals surface area contributed by atoms with Gasteiger partial charge in [0.05, 0.1) is 0 Å². The minimum absolute atomic E-state index is 0.669. The summed E-state index contributed by atoms with van der Waals surface area (Å²) in [6, 6.07) is 0.849. The largest absolute Gasteiger partial charge is 0.489 e. The molecule has 104 valence electrons. The molecule has 0 aliphatic rings. The fourth-order valence-electron chi connectivity index (χ4n) is 1.55. The maximum Gasteiger partial charge on any atom is 0.489 e.